The Balaban J connectivity index is 1.75. The molecule has 6 nitrogen and oxygen atoms in total. The molecule has 0 saturated heterocycles. The number of benzene rings is 1. The highest BCUT2D eigenvalue weighted by atomic mass is 19.4. The molecule has 0 saturated carbocycles. The highest BCUT2D eigenvalue weighted by molar-refractivity contribution is 6.00. The van der Waals surface area contributed by atoms with E-state index in [1.54, 1.807) is 18.9 Å². The van der Waals surface area contributed by atoms with Gasteiger partial charge >= 0.3 is 6.18 Å². The molecule has 3 aromatic rings. The Bertz CT molecular complexity index is 1080. The second-order valence-electron chi connectivity index (χ2n) is 7.07. The maximum absolute atomic E-state index is 13.6. The van der Waals surface area contributed by atoms with Gasteiger partial charge in [-0.2, -0.15) is 13.2 Å². The van der Waals surface area contributed by atoms with Crippen molar-refractivity contribution in [3.63, 3.8) is 0 Å². The molecule has 2 aromatic heterocycles. The van der Waals surface area contributed by atoms with Gasteiger partial charge in [0.2, 0.25) is 5.95 Å². The number of halogens is 3. The molecular weight excluding hydrogens is 383 g/mol. The maximum atomic E-state index is 13.6. The fraction of sp³-hybridized carbons (Fsp3) is 0.350. The van der Waals surface area contributed by atoms with Gasteiger partial charge in [-0.3, -0.25) is 9.20 Å². The third-order valence-electron chi connectivity index (χ3n) is 5.32. The Morgan fingerprint density at radius 1 is 1.24 bits per heavy atom. The quantitative estimate of drug-likeness (QED) is 0.723. The second kappa shape index (κ2) is 7.06. The summed E-state index contributed by atoms with van der Waals surface area (Å²) in [4.78, 5) is 14.5. The van der Waals surface area contributed by atoms with Crippen molar-refractivity contribution >= 4 is 17.5 Å². The van der Waals surface area contributed by atoms with Crippen LogP contribution in [-0.2, 0) is 12.6 Å². The maximum Gasteiger partial charge on any atom is 0.431 e. The number of carbonyl (C=O) groups is 1. The van der Waals surface area contributed by atoms with E-state index in [0.29, 0.717) is 6.54 Å². The molecule has 0 spiro atoms. The van der Waals surface area contributed by atoms with Gasteiger partial charge in [0.15, 0.2) is 5.65 Å². The minimum absolute atomic E-state index is 0.0377. The van der Waals surface area contributed by atoms with Crippen LogP contribution in [-0.4, -0.2) is 34.1 Å². The van der Waals surface area contributed by atoms with E-state index >= 15 is 0 Å². The van der Waals surface area contributed by atoms with E-state index in [-0.39, 0.29) is 23.2 Å². The Labute approximate surface area is 165 Å². The van der Waals surface area contributed by atoms with E-state index in [9.17, 15) is 18.0 Å². The Morgan fingerprint density at radius 3 is 2.72 bits per heavy atom. The molecule has 4 rings (SSSR count). The van der Waals surface area contributed by atoms with Crippen LogP contribution in [0.5, 0.6) is 0 Å². The number of hydrogen-bond donors (Lipinski definition) is 1. The zero-order valence-electron chi connectivity index (χ0n) is 16.0. The van der Waals surface area contributed by atoms with Crippen LogP contribution >= 0.6 is 0 Å². The number of aryl methyl sites for hydroxylation is 1. The summed E-state index contributed by atoms with van der Waals surface area (Å²) in [6.07, 6.45) is -3.01. The average Bonchev–Trinajstić information content (AvgIpc) is 3.30. The lowest BCUT2D eigenvalue weighted by atomic mass is 10.1. The average molecular weight is 403 g/mol. The predicted molar refractivity (Wildman–Crippen MR) is 102 cm³/mol. The molecule has 1 amide bonds. The van der Waals surface area contributed by atoms with E-state index in [1.165, 1.54) is 11.6 Å². The van der Waals surface area contributed by atoms with Gasteiger partial charge in [-0.1, -0.05) is 24.3 Å². The number of alkyl halides is 3. The molecule has 1 aliphatic rings. The number of carbonyl (C=O) groups excluding carboxylic acids is 1. The molecule has 1 aliphatic carbocycles. The van der Waals surface area contributed by atoms with Crippen molar-refractivity contribution in [3.8, 4) is 0 Å². The zero-order chi connectivity index (χ0) is 20.8. The second-order valence-corrected chi connectivity index (χ2v) is 7.07. The van der Waals surface area contributed by atoms with Crippen LogP contribution in [0.4, 0.5) is 19.1 Å². The molecule has 152 valence electrons. The number of nitrogens with one attached hydrogen (secondary N) is 1. The lowest BCUT2D eigenvalue weighted by Gasteiger charge is -2.18. The number of hydrogen-bond acceptors (Lipinski definition) is 4. The predicted octanol–water partition coefficient (Wildman–Crippen LogP) is 3.62. The van der Waals surface area contributed by atoms with Crippen LogP contribution in [0.2, 0.25) is 0 Å². The SMILES string of the molecule is CCN(C)c1nnc2c(C(=O)NC3CCc4ccccc43)ccc(C(F)(F)F)n12. The summed E-state index contributed by atoms with van der Waals surface area (Å²) in [5.74, 6) is -0.431. The standard InChI is InChI=1S/C20H20F3N5O/c1-3-27(2)19-26-25-17-14(9-11-16(28(17)19)20(21,22)23)18(29)24-15-10-8-12-6-4-5-7-13(12)15/h4-7,9,11,15H,3,8,10H2,1-2H3,(H,24,29). The first-order valence-corrected chi connectivity index (χ1v) is 9.36. The molecule has 2 heterocycles. The minimum atomic E-state index is -4.61. The van der Waals surface area contributed by atoms with Crippen molar-refractivity contribution in [2.75, 3.05) is 18.5 Å². The van der Waals surface area contributed by atoms with E-state index in [0.717, 1.165) is 28.9 Å². The van der Waals surface area contributed by atoms with E-state index < -0.39 is 17.8 Å². The summed E-state index contributed by atoms with van der Waals surface area (Å²) < 4.78 is 41.6. The molecule has 1 aromatic carbocycles. The van der Waals surface area contributed by atoms with Crippen molar-refractivity contribution in [3.05, 3.63) is 58.8 Å². The van der Waals surface area contributed by atoms with Gasteiger partial charge in [0, 0.05) is 13.6 Å². The number of rotatable bonds is 4. The van der Waals surface area contributed by atoms with Crippen molar-refractivity contribution in [2.45, 2.75) is 32.0 Å². The fourth-order valence-electron chi connectivity index (χ4n) is 3.71. The van der Waals surface area contributed by atoms with Gasteiger partial charge in [0.25, 0.3) is 5.91 Å². The normalized spacial score (nSPS) is 16.1. The number of nitrogens with zero attached hydrogens (tertiary/aromatic N) is 4. The zero-order valence-corrected chi connectivity index (χ0v) is 16.0. The monoisotopic (exact) mass is 403 g/mol. The number of aromatic nitrogens is 3. The summed E-state index contributed by atoms with van der Waals surface area (Å²) in [7, 11) is 1.62. The minimum Gasteiger partial charge on any atom is -0.345 e. The van der Waals surface area contributed by atoms with Crippen molar-refractivity contribution in [1.29, 1.82) is 0 Å². The number of pyridine rings is 1. The summed E-state index contributed by atoms with van der Waals surface area (Å²) in [5.41, 5.74) is 1.24. The largest absolute Gasteiger partial charge is 0.431 e. The van der Waals surface area contributed by atoms with Gasteiger partial charge in [-0.05, 0) is 43.0 Å². The first-order chi connectivity index (χ1) is 13.8. The number of anilines is 1. The van der Waals surface area contributed by atoms with Crippen LogP contribution in [0.1, 0.15) is 46.6 Å². The summed E-state index contributed by atoms with van der Waals surface area (Å²) >= 11 is 0. The molecule has 9 heteroatoms. The third kappa shape index (κ3) is 3.30. The molecule has 29 heavy (non-hydrogen) atoms. The molecule has 1 atom stereocenters. The van der Waals surface area contributed by atoms with Gasteiger partial charge in [-0.25, -0.2) is 0 Å². The van der Waals surface area contributed by atoms with Gasteiger partial charge in [-0.15, -0.1) is 10.2 Å². The Hall–Kier alpha value is -3.10. The summed E-state index contributed by atoms with van der Waals surface area (Å²) in [6.45, 7) is 2.23. The van der Waals surface area contributed by atoms with Crippen LogP contribution in [0.25, 0.3) is 5.65 Å². The first-order valence-electron chi connectivity index (χ1n) is 9.36. The smallest absolute Gasteiger partial charge is 0.345 e. The highest BCUT2D eigenvalue weighted by Gasteiger charge is 2.36. The molecule has 1 unspecified atom stereocenters. The van der Waals surface area contributed by atoms with Crippen LogP contribution in [0, 0.1) is 0 Å². The van der Waals surface area contributed by atoms with Crippen LogP contribution in [0.3, 0.4) is 0 Å². The van der Waals surface area contributed by atoms with Gasteiger partial charge < -0.3 is 10.2 Å². The Morgan fingerprint density at radius 2 is 2.00 bits per heavy atom. The van der Waals surface area contributed by atoms with Gasteiger partial charge in [0.1, 0.15) is 5.69 Å². The van der Waals surface area contributed by atoms with Crippen molar-refractivity contribution < 1.29 is 18.0 Å². The van der Waals surface area contributed by atoms with Crippen LogP contribution in [0.15, 0.2) is 36.4 Å². The topological polar surface area (TPSA) is 62.5 Å². The summed E-state index contributed by atoms with van der Waals surface area (Å²) in [5, 5.41) is 10.8. The van der Waals surface area contributed by atoms with Crippen molar-refractivity contribution in [2.24, 2.45) is 0 Å². The lowest BCUT2D eigenvalue weighted by Crippen LogP contribution is -2.28. The molecule has 0 aliphatic heterocycles. The summed E-state index contributed by atoms with van der Waals surface area (Å²) in [6, 6.07) is 9.72. The number of fused-ring (bicyclic) bond motifs is 2. The number of amides is 1. The first kappa shape index (κ1) is 19.2. The molecule has 1 N–H and O–H groups in total. The highest BCUT2D eigenvalue weighted by Crippen LogP contribution is 2.34. The lowest BCUT2D eigenvalue weighted by molar-refractivity contribution is -0.141. The molecule has 0 fully saturated rings. The third-order valence-corrected chi connectivity index (χ3v) is 5.32. The molecule has 0 radical (unpaired) electrons. The van der Waals surface area contributed by atoms with E-state index in [4.69, 9.17) is 0 Å². The Kier molecular flexibility index (Phi) is 4.68. The van der Waals surface area contributed by atoms with E-state index in [1.807, 2.05) is 24.3 Å². The fourth-order valence-corrected chi connectivity index (χ4v) is 3.71. The van der Waals surface area contributed by atoms with Crippen LogP contribution < -0.4 is 10.2 Å². The molecular formula is C20H20F3N5O. The van der Waals surface area contributed by atoms with E-state index in [2.05, 4.69) is 15.5 Å². The van der Waals surface area contributed by atoms with Gasteiger partial charge in [0.05, 0.1) is 11.6 Å². The molecule has 0 bridgehead atoms. The van der Waals surface area contributed by atoms with Crippen molar-refractivity contribution in [1.82, 2.24) is 19.9 Å².